The Morgan fingerprint density at radius 1 is 1.50 bits per heavy atom. The molecular weight excluding hydrogens is 198 g/mol. The Morgan fingerprint density at radius 3 is 2.93 bits per heavy atom. The fourth-order valence-electron chi connectivity index (χ4n) is 1.90. The van der Waals surface area contributed by atoms with E-state index in [9.17, 15) is 5.11 Å². The number of hydrogen-bond acceptors (Lipinski definition) is 2. The van der Waals surface area contributed by atoms with Gasteiger partial charge in [-0.05, 0) is 31.0 Å². The van der Waals surface area contributed by atoms with Crippen LogP contribution >= 0.6 is 11.6 Å². The van der Waals surface area contributed by atoms with Crippen molar-refractivity contribution in [1.82, 2.24) is 0 Å². The fraction of sp³-hybridized carbons (Fsp3) is 0.455. The van der Waals surface area contributed by atoms with Crippen LogP contribution in [0, 0.1) is 6.92 Å². The van der Waals surface area contributed by atoms with Gasteiger partial charge in [0.05, 0.1) is 6.10 Å². The second kappa shape index (κ2) is 3.79. The summed E-state index contributed by atoms with van der Waals surface area (Å²) in [5, 5.41) is 10.2. The second-order valence-electron chi connectivity index (χ2n) is 3.77. The zero-order chi connectivity index (χ0) is 10.1. The van der Waals surface area contributed by atoms with Crippen LogP contribution in [0.3, 0.4) is 0 Å². The summed E-state index contributed by atoms with van der Waals surface area (Å²) in [5.74, 6) is 0. The highest BCUT2D eigenvalue weighted by molar-refractivity contribution is 6.31. The molecule has 1 aliphatic rings. The summed E-state index contributed by atoms with van der Waals surface area (Å²) in [6.45, 7) is 3.66. The molecule has 76 valence electrons. The average Bonchev–Trinajstić information content (AvgIpc) is 2.57. The van der Waals surface area contributed by atoms with Gasteiger partial charge in [-0.2, -0.15) is 0 Å². The number of benzene rings is 1. The van der Waals surface area contributed by atoms with E-state index in [1.165, 1.54) is 0 Å². The fourth-order valence-corrected chi connectivity index (χ4v) is 2.07. The Balaban J connectivity index is 2.28. The van der Waals surface area contributed by atoms with E-state index in [-0.39, 0.29) is 6.10 Å². The van der Waals surface area contributed by atoms with Gasteiger partial charge in [0.25, 0.3) is 0 Å². The van der Waals surface area contributed by atoms with Crippen molar-refractivity contribution in [2.75, 3.05) is 18.0 Å². The predicted octanol–water partition coefficient (Wildman–Crippen LogP) is 2.22. The lowest BCUT2D eigenvalue weighted by Gasteiger charge is -2.20. The Hall–Kier alpha value is -0.730. The first-order valence-corrected chi connectivity index (χ1v) is 5.24. The summed E-state index contributed by atoms with van der Waals surface area (Å²) in [7, 11) is 0. The van der Waals surface area contributed by atoms with E-state index in [0.717, 1.165) is 35.8 Å². The minimum atomic E-state index is -0.187. The van der Waals surface area contributed by atoms with Crippen molar-refractivity contribution in [1.29, 1.82) is 0 Å². The van der Waals surface area contributed by atoms with Crippen molar-refractivity contribution in [3.8, 4) is 0 Å². The van der Waals surface area contributed by atoms with Crippen LogP contribution in [0.4, 0.5) is 5.69 Å². The lowest BCUT2D eigenvalue weighted by molar-refractivity contribution is 0.198. The third-order valence-electron chi connectivity index (χ3n) is 2.74. The van der Waals surface area contributed by atoms with Crippen LogP contribution < -0.4 is 4.90 Å². The van der Waals surface area contributed by atoms with Gasteiger partial charge in [0, 0.05) is 23.8 Å². The molecule has 0 aliphatic carbocycles. The molecule has 1 atom stereocenters. The molecule has 1 heterocycles. The van der Waals surface area contributed by atoms with Crippen LogP contribution in [0.25, 0.3) is 0 Å². The summed E-state index contributed by atoms with van der Waals surface area (Å²) in [6.07, 6.45) is 0.666. The summed E-state index contributed by atoms with van der Waals surface area (Å²) in [5.41, 5.74) is 2.25. The molecule has 0 radical (unpaired) electrons. The van der Waals surface area contributed by atoms with E-state index >= 15 is 0 Å². The molecule has 0 bridgehead atoms. The van der Waals surface area contributed by atoms with Gasteiger partial charge in [-0.15, -0.1) is 0 Å². The van der Waals surface area contributed by atoms with Crippen LogP contribution in [0.15, 0.2) is 18.2 Å². The van der Waals surface area contributed by atoms with E-state index in [1.807, 2.05) is 19.1 Å². The maximum Gasteiger partial charge on any atom is 0.0731 e. The minimum Gasteiger partial charge on any atom is -0.391 e. The van der Waals surface area contributed by atoms with Crippen molar-refractivity contribution >= 4 is 17.3 Å². The molecule has 1 aromatic carbocycles. The van der Waals surface area contributed by atoms with Crippen molar-refractivity contribution in [3.63, 3.8) is 0 Å². The standard InChI is InChI=1S/C11H14ClNO/c1-8-10(12)3-2-4-11(8)13-6-5-9(14)7-13/h2-4,9,14H,5-7H2,1H3/t9-/m1/s1. The van der Waals surface area contributed by atoms with Gasteiger partial charge < -0.3 is 10.0 Å². The molecule has 3 heteroatoms. The molecule has 14 heavy (non-hydrogen) atoms. The van der Waals surface area contributed by atoms with Crippen LogP contribution in [0.2, 0.25) is 5.02 Å². The second-order valence-corrected chi connectivity index (χ2v) is 4.18. The Labute approximate surface area is 89.1 Å². The summed E-state index contributed by atoms with van der Waals surface area (Å²) >= 11 is 6.04. The first kappa shape index (κ1) is 9.81. The number of aliphatic hydroxyl groups is 1. The van der Waals surface area contributed by atoms with Crippen LogP contribution in [-0.4, -0.2) is 24.3 Å². The SMILES string of the molecule is Cc1c(Cl)cccc1N1CC[C@@H](O)C1. The number of halogens is 1. The quantitative estimate of drug-likeness (QED) is 0.770. The number of anilines is 1. The van der Waals surface area contributed by atoms with Gasteiger partial charge in [0.2, 0.25) is 0 Å². The van der Waals surface area contributed by atoms with Crippen LogP contribution in [0.5, 0.6) is 0 Å². The summed E-state index contributed by atoms with van der Waals surface area (Å²) < 4.78 is 0. The largest absolute Gasteiger partial charge is 0.391 e. The van der Waals surface area contributed by atoms with Crippen molar-refractivity contribution in [3.05, 3.63) is 28.8 Å². The first-order valence-electron chi connectivity index (χ1n) is 4.86. The van der Waals surface area contributed by atoms with Gasteiger partial charge in [0.15, 0.2) is 0 Å². The average molecular weight is 212 g/mol. The smallest absolute Gasteiger partial charge is 0.0731 e. The van der Waals surface area contributed by atoms with Crippen LogP contribution in [0.1, 0.15) is 12.0 Å². The zero-order valence-electron chi connectivity index (χ0n) is 8.20. The highest BCUT2D eigenvalue weighted by Crippen LogP contribution is 2.28. The topological polar surface area (TPSA) is 23.5 Å². The predicted molar refractivity (Wildman–Crippen MR) is 59.0 cm³/mol. The number of nitrogens with zero attached hydrogens (tertiary/aromatic N) is 1. The number of hydrogen-bond donors (Lipinski definition) is 1. The lowest BCUT2D eigenvalue weighted by Crippen LogP contribution is -2.21. The normalized spacial score (nSPS) is 21.6. The summed E-state index contributed by atoms with van der Waals surface area (Å²) in [4.78, 5) is 2.19. The van der Waals surface area contributed by atoms with Crippen LogP contribution in [-0.2, 0) is 0 Å². The van der Waals surface area contributed by atoms with E-state index in [4.69, 9.17) is 11.6 Å². The molecular formula is C11H14ClNO. The molecule has 1 fully saturated rings. The molecule has 0 aromatic heterocycles. The molecule has 1 N–H and O–H groups in total. The van der Waals surface area contributed by atoms with Gasteiger partial charge in [-0.1, -0.05) is 17.7 Å². The maximum absolute atomic E-state index is 9.45. The van der Waals surface area contributed by atoms with E-state index in [0.29, 0.717) is 0 Å². The molecule has 0 saturated carbocycles. The van der Waals surface area contributed by atoms with Crippen molar-refractivity contribution in [2.45, 2.75) is 19.4 Å². The Bertz CT molecular complexity index is 340. The molecule has 0 spiro atoms. The molecule has 1 saturated heterocycles. The Morgan fingerprint density at radius 2 is 2.29 bits per heavy atom. The highest BCUT2D eigenvalue weighted by atomic mass is 35.5. The van der Waals surface area contributed by atoms with Gasteiger partial charge >= 0.3 is 0 Å². The molecule has 1 aromatic rings. The zero-order valence-corrected chi connectivity index (χ0v) is 8.96. The molecule has 2 rings (SSSR count). The van der Waals surface area contributed by atoms with E-state index in [2.05, 4.69) is 11.0 Å². The number of β-amino-alcohol motifs (C(OH)–C–C–N with tert-alkyl or cyclic N) is 1. The third-order valence-corrected chi connectivity index (χ3v) is 3.15. The first-order chi connectivity index (χ1) is 6.68. The lowest BCUT2D eigenvalue weighted by atomic mass is 10.2. The highest BCUT2D eigenvalue weighted by Gasteiger charge is 2.21. The van der Waals surface area contributed by atoms with Gasteiger partial charge in [-0.3, -0.25) is 0 Å². The van der Waals surface area contributed by atoms with Crippen molar-refractivity contribution in [2.24, 2.45) is 0 Å². The van der Waals surface area contributed by atoms with E-state index < -0.39 is 0 Å². The Kier molecular flexibility index (Phi) is 2.66. The maximum atomic E-state index is 9.45. The minimum absolute atomic E-state index is 0.187. The summed E-state index contributed by atoms with van der Waals surface area (Å²) in [6, 6.07) is 5.90. The molecule has 2 nitrogen and oxygen atoms in total. The molecule has 0 unspecified atom stereocenters. The number of rotatable bonds is 1. The molecule has 1 aliphatic heterocycles. The van der Waals surface area contributed by atoms with Gasteiger partial charge in [-0.25, -0.2) is 0 Å². The monoisotopic (exact) mass is 211 g/mol. The molecule has 0 amide bonds. The van der Waals surface area contributed by atoms with Gasteiger partial charge in [0.1, 0.15) is 0 Å². The van der Waals surface area contributed by atoms with Crippen molar-refractivity contribution < 1.29 is 5.11 Å². The third kappa shape index (κ3) is 1.72. The van der Waals surface area contributed by atoms with E-state index in [1.54, 1.807) is 0 Å². The number of aliphatic hydroxyl groups excluding tert-OH is 1.